The Balaban J connectivity index is 1.14. The number of hydrogen-bond acceptors (Lipinski definition) is 5. The molecule has 6 rings (SSSR count). The molecular formula is C35H35ClN4O3. The number of hydrogen-bond donors (Lipinski definition) is 2. The number of piperazine rings is 1. The number of rotatable bonds is 8. The van der Waals surface area contributed by atoms with E-state index in [1.54, 1.807) is 0 Å². The number of amides is 2. The van der Waals surface area contributed by atoms with Crippen LogP contribution in [0.1, 0.15) is 16.7 Å². The van der Waals surface area contributed by atoms with Gasteiger partial charge >= 0.3 is 0 Å². The van der Waals surface area contributed by atoms with Crippen LogP contribution >= 0.6 is 11.6 Å². The number of fused-ring (bicyclic) bond motifs is 1. The van der Waals surface area contributed by atoms with Crippen LogP contribution in [0.5, 0.6) is 11.5 Å². The van der Waals surface area contributed by atoms with Gasteiger partial charge in [-0.15, -0.1) is 0 Å². The molecule has 8 heteroatoms. The zero-order chi connectivity index (χ0) is 29.6. The van der Waals surface area contributed by atoms with E-state index >= 15 is 0 Å². The first-order valence-electron chi connectivity index (χ1n) is 14.7. The standard InChI is InChI=1S/C35H35ClN4O3/c36-28-16-14-25(15-17-28)22-31(38-34(41)30-23-26-8-4-5-9-27(26)24-37-30)35(42)40-20-18-39(19-21-40)32-12-6-7-13-33(32)43-29-10-2-1-3-11-29/h1-17,30-31,37H,18-24H2,(H,38,41)/t30-,31-/m1/s1. The van der Waals surface area contributed by atoms with Gasteiger partial charge in [0.2, 0.25) is 11.8 Å². The maximum Gasteiger partial charge on any atom is 0.245 e. The van der Waals surface area contributed by atoms with Crippen molar-refractivity contribution in [2.45, 2.75) is 31.5 Å². The van der Waals surface area contributed by atoms with Gasteiger partial charge in [-0.05, 0) is 59.5 Å². The number of anilines is 1. The number of ether oxygens (including phenoxy) is 1. The number of benzene rings is 4. The lowest BCUT2D eigenvalue weighted by Crippen LogP contribution is -2.58. The van der Waals surface area contributed by atoms with E-state index in [1.807, 2.05) is 89.8 Å². The SMILES string of the molecule is O=C(N[C@H](Cc1ccc(Cl)cc1)C(=O)N1CCN(c2ccccc2Oc2ccccc2)CC1)[C@H]1Cc2ccccc2CN1. The molecule has 2 heterocycles. The maximum atomic E-state index is 14.0. The molecule has 2 aliphatic heterocycles. The second kappa shape index (κ2) is 13.3. The van der Waals surface area contributed by atoms with Gasteiger partial charge in [0.1, 0.15) is 11.8 Å². The van der Waals surface area contributed by atoms with Gasteiger partial charge < -0.3 is 25.2 Å². The lowest BCUT2D eigenvalue weighted by Gasteiger charge is -2.38. The molecule has 4 aromatic rings. The van der Waals surface area contributed by atoms with E-state index in [1.165, 1.54) is 5.56 Å². The second-order valence-electron chi connectivity index (χ2n) is 11.0. The summed E-state index contributed by atoms with van der Waals surface area (Å²) in [6.07, 6.45) is 0.978. The van der Waals surface area contributed by atoms with E-state index in [-0.39, 0.29) is 11.8 Å². The molecule has 0 saturated carbocycles. The summed E-state index contributed by atoms with van der Waals surface area (Å²) in [5.74, 6) is 1.32. The van der Waals surface area contributed by atoms with E-state index in [2.05, 4.69) is 33.7 Å². The molecule has 7 nitrogen and oxygen atoms in total. The molecule has 2 atom stereocenters. The lowest BCUT2D eigenvalue weighted by atomic mass is 9.95. The zero-order valence-corrected chi connectivity index (χ0v) is 24.7. The molecule has 1 fully saturated rings. The Hall–Kier alpha value is -4.33. The zero-order valence-electron chi connectivity index (χ0n) is 23.9. The third-order valence-corrected chi connectivity index (χ3v) is 8.39. The Kier molecular flexibility index (Phi) is 8.91. The highest BCUT2D eigenvalue weighted by Crippen LogP contribution is 2.32. The normalized spacial score (nSPS) is 17.1. The molecule has 220 valence electrons. The Morgan fingerprint density at radius 3 is 2.28 bits per heavy atom. The van der Waals surface area contributed by atoms with E-state index in [0.29, 0.717) is 50.6 Å². The molecule has 0 spiro atoms. The Labute approximate surface area is 257 Å². The fourth-order valence-corrected chi connectivity index (χ4v) is 5.90. The first-order chi connectivity index (χ1) is 21.0. The van der Waals surface area contributed by atoms with Gasteiger partial charge in [-0.3, -0.25) is 9.59 Å². The highest BCUT2D eigenvalue weighted by atomic mass is 35.5. The van der Waals surface area contributed by atoms with E-state index in [4.69, 9.17) is 16.3 Å². The number of halogens is 1. The summed E-state index contributed by atoms with van der Waals surface area (Å²) >= 11 is 6.11. The molecule has 0 aliphatic carbocycles. The molecule has 1 saturated heterocycles. The van der Waals surface area contributed by atoms with E-state index < -0.39 is 12.1 Å². The van der Waals surface area contributed by atoms with Crippen LogP contribution in [0.3, 0.4) is 0 Å². The minimum Gasteiger partial charge on any atom is -0.455 e. The average Bonchev–Trinajstić information content (AvgIpc) is 3.05. The minimum absolute atomic E-state index is 0.0759. The molecule has 0 aromatic heterocycles. The molecule has 0 bridgehead atoms. The molecule has 43 heavy (non-hydrogen) atoms. The number of nitrogens with one attached hydrogen (secondary N) is 2. The highest BCUT2D eigenvalue weighted by molar-refractivity contribution is 6.30. The number of carbonyl (C=O) groups excluding carboxylic acids is 2. The van der Waals surface area contributed by atoms with Crippen molar-refractivity contribution in [2.24, 2.45) is 0 Å². The molecule has 2 amide bonds. The topological polar surface area (TPSA) is 73.9 Å². The van der Waals surface area contributed by atoms with Crippen LogP contribution < -0.4 is 20.3 Å². The summed E-state index contributed by atoms with van der Waals surface area (Å²) in [7, 11) is 0. The molecule has 4 aromatic carbocycles. The second-order valence-corrected chi connectivity index (χ2v) is 11.4. The molecular weight excluding hydrogens is 560 g/mol. The molecule has 2 N–H and O–H groups in total. The lowest BCUT2D eigenvalue weighted by molar-refractivity contribution is -0.137. The van der Waals surface area contributed by atoms with Crippen molar-refractivity contribution in [3.8, 4) is 11.5 Å². The van der Waals surface area contributed by atoms with Gasteiger partial charge in [-0.1, -0.05) is 78.3 Å². The van der Waals surface area contributed by atoms with Crippen LogP contribution in [0.4, 0.5) is 5.69 Å². The van der Waals surface area contributed by atoms with Gasteiger partial charge in [0.25, 0.3) is 0 Å². The van der Waals surface area contributed by atoms with Crippen molar-refractivity contribution < 1.29 is 14.3 Å². The van der Waals surface area contributed by atoms with Crippen molar-refractivity contribution in [3.63, 3.8) is 0 Å². The van der Waals surface area contributed by atoms with Crippen molar-refractivity contribution in [1.29, 1.82) is 0 Å². The Morgan fingerprint density at radius 2 is 1.51 bits per heavy atom. The summed E-state index contributed by atoms with van der Waals surface area (Å²) in [5, 5.41) is 7.07. The van der Waals surface area contributed by atoms with Crippen molar-refractivity contribution in [3.05, 3.63) is 125 Å². The third-order valence-electron chi connectivity index (χ3n) is 8.13. The smallest absolute Gasteiger partial charge is 0.245 e. The van der Waals surface area contributed by atoms with Gasteiger partial charge in [0.15, 0.2) is 5.75 Å². The Bertz CT molecular complexity index is 1560. The molecule has 0 unspecified atom stereocenters. The largest absolute Gasteiger partial charge is 0.455 e. The maximum absolute atomic E-state index is 14.0. The predicted molar refractivity (Wildman–Crippen MR) is 170 cm³/mol. The third kappa shape index (κ3) is 7.01. The van der Waals surface area contributed by atoms with Crippen LogP contribution in [-0.2, 0) is 29.0 Å². The summed E-state index contributed by atoms with van der Waals surface area (Å²) < 4.78 is 6.19. The van der Waals surface area contributed by atoms with Crippen molar-refractivity contribution >= 4 is 29.1 Å². The summed E-state index contributed by atoms with van der Waals surface area (Å²) in [5.41, 5.74) is 4.30. The monoisotopic (exact) mass is 594 g/mol. The fraction of sp³-hybridized carbons (Fsp3) is 0.257. The van der Waals surface area contributed by atoms with E-state index in [0.717, 1.165) is 28.3 Å². The van der Waals surface area contributed by atoms with Gasteiger partial charge in [-0.25, -0.2) is 0 Å². The van der Waals surface area contributed by atoms with Crippen molar-refractivity contribution in [1.82, 2.24) is 15.5 Å². The Morgan fingerprint density at radius 1 is 0.837 bits per heavy atom. The molecule has 2 aliphatic rings. The van der Waals surface area contributed by atoms with Crippen LogP contribution in [0.25, 0.3) is 0 Å². The van der Waals surface area contributed by atoms with Crippen LogP contribution in [0, 0.1) is 0 Å². The van der Waals surface area contributed by atoms with Crippen LogP contribution in [0.15, 0.2) is 103 Å². The summed E-state index contributed by atoms with van der Waals surface area (Å²) in [6, 6.07) is 32.2. The van der Waals surface area contributed by atoms with Gasteiger partial charge in [0.05, 0.1) is 11.7 Å². The summed E-state index contributed by atoms with van der Waals surface area (Å²) in [4.78, 5) is 31.6. The van der Waals surface area contributed by atoms with E-state index in [9.17, 15) is 9.59 Å². The highest BCUT2D eigenvalue weighted by Gasteiger charge is 2.32. The number of para-hydroxylation sites is 3. The van der Waals surface area contributed by atoms with Crippen LogP contribution in [0.2, 0.25) is 5.02 Å². The summed E-state index contributed by atoms with van der Waals surface area (Å²) in [6.45, 7) is 3.02. The minimum atomic E-state index is -0.687. The first-order valence-corrected chi connectivity index (χ1v) is 15.1. The number of nitrogens with zero attached hydrogens (tertiary/aromatic N) is 2. The first kappa shape index (κ1) is 28.8. The van der Waals surface area contributed by atoms with Gasteiger partial charge in [-0.2, -0.15) is 0 Å². The molecule has 0 radical (unpaired) electrons. The van der Waals surface area contributed by atoms with Crippen LogP contribution in [-0.4, -0.2) is 55.0 Å². The van der Waals surface area contributed by atoms with Gasteiger partial charge in [0, 0.05) is 44.2 Å². The quantitative estimate of drug-likeness (QED) is 0.293. The number of carbonyl (C=O) groups is 2. The fourth-order valence-electron chi connectivity index (χ4n) is 5.78. The van der Waals surface area contributed by atoms with Crippen molar-refractivity contribution in [2.75, 3.05) is 31.1 Å². The predicted octanol–water partition coefficient (Wildman–Crippen LogP) is 5.22. The average molecular weight is 595 g/mol.